The van der Waals surface area contributed by atoms with Crippen molar-refractivity contribution in [3.8, 4) is 0 Å². The first-order chi connectivity index (χ1) is 10.7. The number of carbonyl (C=O) groups is 1. The minimum atomic E-state index is -0.128. The third-order valence-corrected chi connectivity index (χ3v) is 3.75. The number of aryl methyl sites for hydroxylation is 3. The lowest BCUT2D eigenvalue weighted by Crippen LogP contribution is -2.30. The maximum absolute atomic E-state index is 12.0. The molecule has 2 rings (SSSR count). The fraction of sp³-hybridized carbons (Fsp3) is 0.316. The van der Waals surface area contributed by atoms with Crippen LogP contribution in [0.15, 0.2) is 48.5 Å². The Labute approximate surface area is 132 Å². The van der Waals surface area contributed by atoms with Crippen LogP contribution in [0, 0.1) is 6.92 Å². The molecule has 0 aromatic heterocycles. The Morgan fingerprint density at radius 2 is 1.82 bits per heavy atom. The van der Waals surface area contributed by atoms with Gasteiger partial charge in [-0.25, -0.2) is 4.79 Å². The van der Waals surface area contributed by atoms with Gasteiger partial charge in [0.25, 0.3) is 0 Å². The van der Waals surface area contributed by atoms with Gasteiger partial charge in [-0.15, -0.1) is 0 Å². The van der Waals surface area contributed by atoms with E-state index in [2.05, 4.69) is 35.8 Å². The van der Waals surface area contributed by atoms with Gasteiger partial charge in [0.2, 0.25) is 0 Å². The molecular weight excluding hydrogens is 272 g/mol. The van der Waals surface area contributed by atoms with E-state index in [0.29, 0.717) is 6.54 Å². The molecule has 2 aromatic carbocycles. The number of carbonyl (C=O) groups excluding carboxylic acids is 1. The zero-order valence-corrected chi connectivity index (χ0v) is 13.4. The molecular formula is C19H24N2O. The summed E-state index contributed by atoms with van der Waals surface area (Å²) in [5, 5.41) is 5.91. The highest BCUT2D eigenvalue weighted by molar-refractivity contribution is 5.91. The van der Waals surface area contributed by atoms with Crippen LogP contribution in [-0.4, -0.2) is 12.6 Å². The summed E-state index contributed by atoms with van der Waals surface area (Å²) in [4.78, 5) is 12.0. The molecule has 2 N–H and O–H groups in total. The Bertz CT molecular complexity index is 608. The molecule has 0 saturated heterocycles. The first-order valence-electron chi connectivity index (χ1n) is 7.88. The van der Waals surface area contributed by atoms with Crippen LogP contribution in [0.2, 0.25) is 0 Å². The van der Waals surface area contributed by atoms with Crippen molar-refractivity contribution >= 4 is 11.7 Å². The van der Waals surface area contributed by atoms with Crippen LogP contribution in [0.5, 0.6) is 0 Å². The minimum Gasteiger partial charge on any atom is -0.338 e. The molecule has 0 atom stereocenters. The maximum Gasteiger partial charge on any atom is 0.319 e. The van der Waals surface area contributed by atoms with Crippen LogP contribution in [0.25, 0.3) is 0 Å². The average Bonchev–Trinajstić information content (AvgIpc) is 2.54. The molecule has 0 aliphatic rings. The number of hydrogen-bond acceptors (Lipinski definition) is 1. The Hall–Kier alpha value is -2.29. The monoisotopic (exact) mass is 296 g/mol. The third-order valence-electron chi connectivity index (χ3n) is 3.75. The molecule has 3 heteroatoms. The number of amides is 2. The second kappa shape index (κ2) is 8.23. The molecule has 0 radical (unpaired) electrons. The van der Waals surface area contributed by atoms with Gasteiger partial charge in [0, 0.05) is 12.2 Å². The zero-order valence-electron chi connectivity index (χ0n) is 13.4. The van der Waals surface area contributed by atoms with E-state index >= 15 is 0 Å². The van der Waals surface area contributed by atoms with E-state index in [-0.39, 0.29) is 6.03 Å². The first kappa shape index (κ1) is 16.1. The maximum atomic E-state index is 12.0. The normalized spacial score (nSPS) is 10.3. The predicted octanol–water partition coefficient (Wildman–Crippen LogP) is 4.31. The largest absolute Gasteiger partial charge is 0.338 e. The number of anilines is 1. The van der Waals surface area contributed by atoms with Crippen LogP contribution in [-0.2, 0) is 12.8 Å². The van der Waals surface area contributed by atoms with Crippen molar-refractivity contribution in [2.75, 3.05) is 11.9 Å². The highest BCUT2D eigenvalue weighted by Gasteiger charge is 2.07. The molecule has 0 unspecified atom stereocenters. The summed E-state index contributed by atoms with van der Waals surface area (Å²) in [6, 6.07) is 16.3. The first-order valence-corrected chi connectivity index (χ1v) is 7.88. The molecule has 3 nitrogen and oxygen atoms in total. The van der Waals surface area contributed by atoms with Gasteiger partial charge in [-0.05, 0) is 42.9 Å². The lowest BCUT2D eigenvalue weighted by atomic mass is 10.1. The Balaban J connectivity index is 1.79. The molecule has 0 heterocycles. The van der Waals surface area contributed by atoms with Gasteiger partial charge in [0.05, 0.1) is 0 Å². The number of benzene rings is 2. The molecule has 116 valence electrons. The van der Waals surface area contributed by atoms with E-state index in [1.54, 1.807) is 0 Å². The van der Waals surface area contributed by atoms with Crippen LogP contribution in [0.3, 0.4) is 0 Å². The SMILES string of the molecule is CCc1cccc(C)c1NC(=O)NCCCc1ccccc1. The number of para-hydroxylation sites is 1. The van der Waals surface area contributed by atoms with E-state index in [9.17, 15) is 4.79 Å². The van der Waals surface area contributed by atoms with Crippen LogP contribution >= 0.6 is 0 Å². The van der Waals surface area contributed by atoms with E-state index in [1.165, 1.54) is 11.1 Å². The van der Waals surface area contributed by atoms with Crippen LogP contribution < -0.4 is 10.6 Å². The Kier molecular flexibility index (Phi) is 6.01. The molecule has 2 aromatic rings. The van der Waals surface area contributed by atoms with E-state index in [4.69, 9.17) is 0 Å². The minimum absolute atomic E-state index is 0.128. The molecule has 0 spiro atoms. The molecule has 0 bridgehead atoms. The Morgan fingerprint density at radius 1 is 1.05 bits per heavy atom. The van der Waals surface area contributed by atoms with Crippen molar-refractivity contribution in [2.45, 2.75) is 33.1 Å². The molecule has 22 heavy (non-hydrogen) atoms. The smallest absolute Gasteiger partial charge is 0.319 e. The van der Waals surface area contributed by atoms with Crippen molar-refractivity contribution in [1.82, 2.24) is 5.32 Å². The molecule has 2 amide bonds. The predicted molar refractivity (Wildman–Crippen MR) is 92.3 cm³/mol. The number of nitrogens with one attached hydrogen (secondary N) is 2. The van der Waals surface area contributed by atoms with Crippen molar-refractivity contribution in [1.29, 1.82) is 0 Å². The Morgan fingerprint density at radius 3 is 2.55 bits per heavy atom. The van der Waals surface area contributed by atoms with Crippen molar-refractivity contribution < 1.29 is 4.79 Å². The van der Waals surface area contributed by atoms with Crippen LogP contribution in [0.4, 0.5) is 10.5 Å². The third kappa shape index (κ3) is 4.62. The highest BCUT2D eigenvalue weighted by atomic mass is 16.2. The highest BCUT2D eigenvalue weighted by Crippen LogP contribution is 2.20. The number of urea groups is 1. The topological polar surface area (TPSA) is 41.1 Å². The van der Waals surface area contributed by atoms with E-state index in [1.807, 2.05) is 37.3 Å². The quantitative estimate of drug-likeness (QED) is 0.766. The van der Waals surface area contributed by atoms with Crippen molar-refractivity contribution in [3.05, 3.63) is 65.2 Å². The van der Waals surface area contributed by atoms with Crippen molar-refractivity contribution in [2.24, 2.45) is 0 Å². The second-order valence-electron chi connectivity index (χ2n) is 5.43. The lowest BCUT2D eigenvalue weighted by molar-refractivity contribution is 0.252. The fourth-order valence-corrected chi connectivity index (χ4v) is 2.50. The summed E-state index contributed by atoms with van der Waals surface area (Å²) in [5.41, 5.74) is 4.50. The summed E-state index contributed by atoms with van der Waals surface area (Å²) < 4.78 is 0. The van der Waals surface area contributed by atoms with Crippen LogP contribution in [0.1, 0.15) is 30.0 Å². The fourth-order valence-electron chi connectivity index (χ4n) is 2.50. The number of hydrogen-bond donors (Lipinski definition) is 2. The van der Waals surface area contributed by atoms with Gasteiger partial charge in [0.1, 0.15) is 0 Å². The summed E-state index contributed by atoms with van der Waals surface area (Å²) in [6.07, 6.45) is 2.82. The van der Waals surface area contributed by atoms with Gasteiger partial charge in [-0.1, -0.05) is 55.5 Å². The van der Waals surface area contributed by atoms with Crippen molar-refractivity contribution in [3.63, 3.8) is 0 Å². The molecule has 0 fully saturated rings. The summed E-state index contributed by atoms with van der Waals surface area (Å²) in [7, 11) is 0. The summed E-state index contributed by atoms with van der Waals surface area (Å²) in [6.45, 7) is 4.79. The molecule has 0 aliphatic heterocycles. The average molecular weight is 296 g/mol. The summed E-state index contributed by atoms with van der Waals surface area (Å²) >= 11 is 0. The number of rotatable bonds is 6. The van der Waals surface area contributed by atoms with Gasteiger partial charge in [0.15, 0.2) is 0 Å². The van der Waals surface area contributed by atoms with Gasteiger partial charge >= 0.3 is 6.03 Å². The lowest BCUT2D eigenvalue weighted by Gasteiger charge is -2.13. The molecule has 0 aliphatic carbocycles. The summed E-state index contributed by atoms with van der Waals surface area (Å²) in [5.74, 6) is 0. The van der Waals surface area contributed by atoms with Gasteiger partial charge in [-0.3, -0.25) is 0 Å². The standard InChI is InChI=1S/C19H24N2O/c1-3-17-13-7-9-15(2)18(17)21-19(22)20-14-8-12-16-10-5-4-6-11-16/h4-7,9-11,13H,3,8,12,14H2,1-2H3,(H2,20,21,22). The van der Waals surface area contributed by atoms with E-state index in [0.717, 1.165) is 30.5 Å². The van der Waals surface area contributed by atoms with Gasteiger partial charge < -0.3 is 10.6 Å². The second-order valence-corrected chi connectivity index (χ2v) is 5.43. The zero-order chi connectivity index (χ0) is 15.8. The van der Waals surface area contributed by atoms with E-state index < -0.39 is 0 Å². The van der Waals surface area contributed by atoms with Gasteiger partial charge in [-0.2, -0.15) is 0 Å². The molecule has 0 saturated carbocycles.